The summed E-state index contributed by atoms with van der Waals surface area (Å²) >= 11 is 0. The van der Waals surface area contributed by atoms with Gasteiger partial charge in [-0.25, -0.2) is 4.98 Å². The zero-order valence-electron chi connectivity index (χ0n) is 20.5. The molecule has 2 aliphatic heterocycles. The number of amides is 1. The first-order chi connectivity index (χ1) is 17.6. The predicted molar refractivity (Wildman–Crippen MR) is 138 cm³/mol. The van der Waals surface area contributed by atoms with Crippen molar-refractivity contribution in [2.24, 2.45) is 5.92 Å². The molecule has 0 aliphatic carbocycles. The van der Waals surface area contributed by atoms with E-state index in [1.54, 1.807) is 18.5 Å². The van der Waals surface area contributed by atoms with Crippen LogP contribution in [0.15, 0.2) is 59.9 Å². The van der Waals surface area contributed by atoms with Crippen LogP contribution in [-0.2, 0) is 11.3 Å². The maximum atomic E-state index is 13.3. The number of hydrogen-bond donors (Lipinski definition) is 1. The fourth-order valence-electron chi connectivity index (χ4n) is 5.27. The van der Waals surface area contributed by atoms with E-state index in [9.17, 15) is 4.79 Å². The van der Waals surface area contributed by atoms with Gasteiger partial charge in [-0.3, -0.25) is 14.7 Å². The zero-order valence-corrected chi connectivity index (χ0v) is 20.5. The third-order valence-corrected chi connectivity index (χ3v) is 7.21. The van der Waals surface area contributed by atoms with Gasteiger partial charge in [0.05, 0.1) is 12.7 Å². The maximum Gasteiger partial charge on any atom is 0.225 e. The average Bonchev–Trinajstić information content (AvgIpc) is 3.55. The zero-order chi connectivity index (χ0) is 24.9. The third kappa shape index (κ3) is 5.11. The van der Waals surface area contributed by atoms with E-state index in [1.807, 2.05) is 41.3 Å². The van der Waals surface area contributed by atoms with Crippen molar-refractivity contribution in [3.05, 3.63) is 66.8 Å². The van der Waals surface area contributed by atoms with E-state index in [-0.39, 0.29) is 17.9 Å². The molecule has 3 aromatic rings. The molecular formula is C27H33N7O2. The molecule has 0 spiro atoms. The van der Waals surface area contributed by atoms with Gasteiger partial charge in [0.25, 0.3) is 0 Å². The number of imidazole rings is 1. The molecule has 0 atom stereocenters. The number of anilines is 1. The third-order valence-electron chi connectivity index (χ3n) is 7.21. The summed E-state index contributed by atoms with van der Waals surface area (Å²) in [5.74, 6) is 2.63. The summed E-state index contributed by atoms with van der Waals surface area (Å²) in [6.07, 6.45) is 12.3. The van der Waals surface area contributed by atoms with Crippen molar-refractivity contribution in [2.45, 2.75) is 38.3 Å². The Labute approximate surface area is 211 Å². The van der Waals surface area contributed by atoms with Crippen LogP contribution < -0.4 is 5.73 Å². The molecule has 188 valence electrons. The molecular weight excluding hydrogens is 454 g/mol. The Balaban J connectivity index is 1.23. The Morgan fingerprint density at radius 2 is 1.92 bits per heavy atom. The molecule has 2 N–H and O–H groups in total. The van der Waals surface area contributed by atoms with Crippen molar-refractivity contribution in [1.29, 1.82) is 0 Å². The lowest BCUT2D eigenvalue weighted by molar-refractivity contribution is -0.138. The van der Waals surface area contributed by atoms with Gasteiger partial charge >= 0.3 is 0 Å². The van der Waals surface area contributed by atoms with E-state index in [1.165, 1.54) is 0 Å². The number of likely N-dealkylation sites (tertiary alicyclic amines) is 2. The van der Waals surface area contributed by atoms with Crippen molar-refractivity contribution < 1.29 is 9.32 Å². The average molecular weight is 488 g/mol. The Hall–Kier alpha value is -3.72. The molecule has 5 heterocycles. The Bertz CT molecular complexity index is 1190. The molecule has 2 aliphatic rings. The summed E-state index contributed by atoms with van der Waals surface area (Å²) in [4.78, 5) is 27.0. The number of aromatic nitrogens is 4. The van der Waals surface area contributed by atoms with Crippen LogP contribution in [0.3, 0.4) is 0 Å². The number of allylic oxidation sites excluding steroid dienone is 2. The van der Waals surface area contributed by atoms with Crippen molar-refractivity contribution in [2.75, 3.05) is 31.9 Å². The SMILES string of the molecule is C=C/C=C\c1nc(-c2ccccn2)n(C2CCN(C(=O)C3CCN(Cc4ccno4)CC3)CC2)c1N. The summed E-state index contributed by atoms with van der Waals surface area (Å²) in [5, 5.41) is 3.78. The largest absolute Gasteiger partial charge is 0.383 e. The van der Waals surface area contributed by atoms with Crippen LogP contribution in [0, 0.1) is 5.92 Å². The standard InChI is InChI=1S/C27H33N7O2/c1-2-3-6-23-25(28)34(26(31-23)24-7-4-5-13-29-24)21-11-17-33(18-12-21)27(35)20-9-15-32(16-10-20)19-22-8-14-30-36-22/h2-8,13-14,20-21H,1,9-12,15-19,28H2/b6-3-. The number of rotatable bonds is 7. The number of hydrogen-bond acceptors (Lipinski definition) is 7. The highest BCUT2D eigenvalue weighted by Gasteiger charge is 2.33. The molecule has 0 bridgehead atoms. The highest BCUT2D eigenvalue weighted by atomic mass is 16.5. The molecule has 1 amide bonds. The molecule has 0 unspecified atom stereocenters. The highest BCUT2D eigenvalue weighted by molar-refractivity contribution is 5.79. The summed E-state index contributed by atoms with van der Waals surface area (Å²) < 4.78 is 7.33. The molecule has 0 radical (unpaired) electrons. The lowest BCUT2D eigenvalue weighted by Crippen LogP contribution is -2.45. The number of nitrogens with zero attached hydrogens (tertiary/aromatic N) is 6. The van der Waals surface area contributed by atoms with Crippen LogP contribution in [0.2, 0.25) is 0 Å². The highest BCUT2D eigenvalue weighted by Crippen LogP contribution is 2.34. The van der Waals surface area contributed by atoms with Gasteiger partial charge in [-0.2, -0.15) is 0 Å². The van der Waals surface area contributed by atoms with Gasteiger partial charge in [-0.1, -0.05) is 30.0 Å². The van der Waals surface area contributed by atoms with Crippen LogP contribution in [0.4, 0.5) is 5.82 Å². The predicted octanol–water partition coefficient (Wildman–Crippen LogP) is 3.79. The molecule has 0 saturated carbocycles. The Morgan fingerprint density at radius 3 is 2.58 bits per heavy atom. The quantitative estimate of drug-likeness (QED) is 0.505. The lowest BCUT2D eigenvalue weighted by Gasteiger charge is -2.37. The molecule has 36 heavy (non-hydrogen) atoms. The van der Waals surface area contributed by atoms with Crippen LogP contribution >= 0.6 is 0 Å². The van der Waals surface area contributed by atoms with E-state index < -0.39 is 0 Å². The van der Waals surface area contributed by atoms with Gasteiger partial charge < -0.3 is 19.7 Å². The van der Waals surface area contributed by atoms with Crippen LogP contribution in [-0.4, -0.2) is 61.6 Å². The van der Waals surface area contributed by atoms with Crippen LogP contribution in [0.1, 0.15) is 43.2 Å². The number of carbonyl (C=O) groups excluding carboxylic acids is 1. The number of carbonyl (C=O) groups is 1. The molecule has 2 fully saturated rings. The van der Waals surface area contributed by atoms with E-state index in [4.69, 9.17) is 15.2 Å². The summed E-state index contributed by atoms with van der Waals surface area (Å²) in [7, 11) is 0. The minimum Gasteiger partial charge on any atom is -0.383 e. The van der Waals surface area contributed by atoms with Crippen molar-refractivity contribution in [3.8, 4) is 11.5 Å². The molecule has 0 aromatic carbocycles. The normalized spacial score (nSPS) is 18.2. The minimum absolute atomic E-state index is 0.0885. The lowest BCUT2D eigenvalue weighted by atomic mass is 9.93. The Morgan fingerprint density at radius 1 is 1.11 bits per heavy atom. The van der Waals surface area contributed by atoms with Crippen molar-refractivity contribution in [1.82, 2.24) is 29.5 Å². The summed E-state index contributed by atoms with van der Waals surface area (Å²) in [5.41, 5.74) is 8.08. The minimum atomic E-state index is 0.0885. The Kier molecular flexibility index (Phi) is 7.27. The second-order valence-corrected chi connectivity index (χ2v) is 9.47. The fraction of sp³-hybridized carbons (Fsp3) is 0.407. The van der Waals surface area contributed by atoms with E-state index in [0.29, 0.717) is 11.5 Å². The fourth-order valence-corrected chi connectivity index (χ4v) is 5.27. The molecule has 2 saturated heterocycles. The van der Waals surface area contributed by atoms with E-state index in [0.717, 1.165) is 75.7 Å². The number of nitrogens with two attached hydrogens (primary N) is 1. The first kappa shape index (κ1) is 24.0. The number of piperidine rings is 2. The van der Waals surface area contributed by atoms with Gasteiger partial charge in [-0.05, 0) is 57.0 Å². The molecule has 9 heteroatoms. The number of pyridine rings is 1. The first-order valence-corrected chi connectivity index (χ1v) is 12.6. The van der Waals surface area contributed by atoms with Gasteiger partial charge in [-0.15, -0.1) is 0 Å². The van der Waals surface area contributed by atoms with Gasteiger partial charge in [0, 0.05) is 37.3 Å². The first-order valence-electron chi connectivity index (χ1n) is 12.6. The molecule has 3 aromatic heterocycles. The smallest absolute Gasteiger partial charge is 0.225 e. The second-order valence-electron chi connectivity index (χ2n) is 9.47. The van der Waals surface area contributed by atoms with Crippen LogP contribution in [0.25, 0.3) is 17.6 Å². The molecule has 9 nitrogen and oxygen atoms in total. The maximum absolute atomic E-state index is 13.3. The van der Waals surface area contributed by atoms with Crippen LogP contribution in [0.5, 0.6) is 0 Å². The topological polar surface area (TPSA) is 106 Å². The summed E-state index contributed by atoms with van der Waals surface area (Å²) in [6.45, 7) is 7.73. The van der Waals surface area contributed by atoms with Crippen molar-refractivity contribution in [3.63, 3.8) is 0 Å². The van der Waals surface area contributed by atoms with Gasteiger partial charge in [0.2, 0.25) is 5.91 Å². The number of nitrogen functional groups attached to an aromatic ring is 1. The van der Waals surface area contributed by atoms with Gasteiger partial charge in [0.1, 0.15) is 17.2 Å². The second kappa shape index (κ2) is 10.9. The van der Waals surface area contributed by atoms with E-state index in [2.05, 4.69) is 26.2 Å². The van der Waals surface area contributed by atoms with E-state index >= 15 is 0 Å². The van der Waals surface area contributed by atoms with Gasteiger partial charge in [0.15, 0.2) is 11.6 Å². The molecule has 5 rings (SSSR count). The monoisotopic (exact) mass is 487 g/mol. The van der Waals surface area contributed by atoms with Crippen molar-refractivity contribution >= 4 is 17.8 Å². The summed E-state index contributed by atoms with van der Waals surface area (Å²) in [6, 6.07) is 7.85.